The van der Waals surface area contributed by atoms with Gasteiger partial charge >= 0.3 is 12.4 Å². The van der Waals surface area contributed by atoms with E-state index in [4.69, 9.17) is 5.73 Å². The van der Waals surface area contributed by atoms with Crippen LogP contribution in [0, 0.1) is 0 Å². The van der Waals surface area contributed by atoms with Crippen LogP contribution in [-0.4, -0.2) is 12.4 Å². The first-order valence-electron chi connectivity index (χ1n) is 4.24. The number of ether oxygens (including phenoxy) is 1. The van der Waals surface area contributed by atoms with Gasteiger partial charge in [-0.25, -0.2) is 4.79 Å². The van der Waals surface area contributed by atoms with E-state index in [1.54, 1.807) is 6.07 Å². The van der Waals surface area contributed by atoms with Crippen LogP contribution in [0.15, 0.2) is 30.3 Å². The standard InChI is InChI=1S/C9H9F3N2O2/c10-9(11,12)16-7(14-8(13)15)6-4-2-1-3-5-6/h1-5,7H,(H3,13,14,15). The highest BCUT2D eigenvalue weighted by Crippen LogP contribution is 2.25. The number of rotatable bonds is 3. The van der Waals surface area contributed by atoms with Gasteiger partial charge in [-0.3, -0.25) is 4.74 Å². The number of amides is 2. The summed E-state index contributed by atoms with van der Waals surface area (Å²) in [7, 11) is 0. The van der Waals surface area contributed by atoms with E-state index in [1.807, 2.05) is 5.32 Å². The molecule has 0 aliphatic rings. The maximum atomic E-state index is 12.0. The minimum Gasteiger partial charge on any atom is -0.352 e. The van der Waals surface area contributed by atoms with Crippen molar-refractivity contribution in [3.05, 3.63) is 35.9 Å². The Morgan fingerprint density at radius 3 is 2.31 bits per heavy atom. The molecule has 1 rings (SSSR count). The van der Waals surface area contributed by atoms with Gasteiger partial charge in [-0.1, -0.05) is 30.3 Å². The highest BCUT2D eigenvalue weighted by Gasteiger charge is 2.34. The maximum Gasteiger partial charge on any atom is 0.524 e. The summed E-state index contributed by atoms with van der Waals surface area (Å²) in [6.45, 7) is 0. The van der Waals surface area contributed by atoms with Crippen molar-refractivity contribution in [1.82, 2.24) is 5.32 Å². The van der Waals surface area contributed by atoms with Gasteiger partial charge in [0.05, 0.1) is 0 Å². The molecule has 4 nitrogen and oxygen atoms in total. The number of halogens is 3. The number of hydrogen-bond donors (Lipinski definition) is 2. The van der Waals surface area contributed by atoms with E-state index in [-0.39, 0.29) is 5.56 Å². The van der Waals surface area contributed by atoms with Crippen molar-refractivity contribution >= 4 is 6.03 Å². The van der Waals surface area contributed by atoms with Crippen LogP contribution in [0.1, 0.15) is 11.8 Å². The van der Waals surface area contributed by atoms with E-state index in [0.29, 0.717) is 0 Å². The Balaban J connectivity index is 2.84. The topological polar surface area (TPSA) is 64.4 Å². The summed E-state index contributed by atoms with van der Waals surface area (Å²) in [6.07, 6.45) is -6.50. The molecule has 0 radical (unpaired) electrons. The quantitative estimate of drug-likeness (QED) is 0.784. The molecular formula is C9H9F3N2O2. The second kappa shape index (κ2) is 4.84. The van der Waals surface area contributed by atoms with Crippen LogP contribution in [0.4, 0.5) is 18.0 Å². The monoisotopic (exact) mass is 234 g/mol. The molecule has 0 saturated carbocycles. The molecule has 2 amide bonds. The molecule has 0 fully saturated rings. The fourth-order valence-electron chi connectivity index (χ4n) is 1.07. The van der Waals surface area contributed by atoms with E-state index in [0.717, 1.165) is 0 Å². The van der Waals surface area contributed by atoms with E-state index < -0.39 is 18.6 Å². The Bertz CT molecular complexity index is 354. The van der Waals surface area contributed by atoms with Crippen LogP contribution in [0.3, 0.4) is 0 Å². The minimum absolute atomic E-state index is 0.152. The fourth-order valence-corrected chi connectivity index (χ4v) is 1.07. The van der Waals surface area contributed by atoms with E-state index in [1.165, 1.54) is 24.3 Å². The Hall–Kier alpha value is -1.76. The third-order valence-electron chi connectivity index (χ3n) is 1.63. The average molecular weight is 234 g/mol. The highest BCUT2D eigenvalue weighted by atomic mass is 19.4. The number of urea groups is 1. The average Bonchev–Trinajstić information content (AvgIpc) is 2.15. The Kier molecular flexibility index (Phi) is 3.73. The SMILES string of the molecule is NC(=O)NC(OC(F)(F)F)c1ccccc1. The molecule has 0 heterocycles. The molecule has 0 aliphatic carbocycles. The van der Waals surface area contributed by atoms with E-state index in [2.05, 4.69) is 4.74 Å². The zero-order chi connectivity index (χ0) is 12.2. The van der Waals surface area contributed by atoms with Crippen LogP contribution in [0.5, 0.6) is 0 Å². The largest absolute Gasteiger partial charge is 0.524 e. The number of carbonyl (C=O) groups excluding carboxylic acids is 1. The first-order chi connectivity index (χ1) is 7.38. The summed E-state index contributed by atoms with van der Waals surface area (Å²) >= 11 is 0. The van der Waals surface area contributed by atoms with Crippen LogP contribution < -0.4 is 11.1 Å². The van der Waals surface area contributed by atoms with Crippen molar-refractivity contribution in [3.63, 3.8) is 0 Å². The van der Waals surface area contributed by atoms with Crippen LogP contribution in [0.25, 0.3) is 0 Å². The van der Waals surface area contributed by atoms with Gasteiger partial charge in [-0.2, -0.15) is 0 Å². The van der Waals surface area contributed by atoms with E-state index in [9.17, 15) is 18.0 Å². The van der Waals surface area contributed by atoms with Gasteiger partial charge in [0, 0.05) is 5.56 Å². The zero-order valence-corrected chi connectivity index (χ0v) is 7.99. The molecule has 0 spiro atoms. The van der Waals surface area contributed by atoms with Crippen molar-refractivity contribution in [2.75, 3.05) is 0 Å². The third kappa shape index (κ3) is 4.18. The molecule has 1 atom stereocenters. The third-order valence-corrected chi connectivity index (χ3v) is 1.63. The number of nitrogens with one attached hydrogen (secondary N) is 1. The Morgan fingerprint density at radius 1 is 1.31 bits per heavy atom. The summed E-state index contributed by atoms with van der Waals surface area (Å²) in [5, 5.41) is 1.85. The zero-order valence-electron chi connectivity index (χ0n) is 7.99. The molecule has 0 aliphatic heterocycles. The summed E-state index contributed by atoms with van der Waals surface area (Å²) in [5.41, 5.74) is 4.90. The maximum absolute atomic E-state index is 12.0. The van der Waals surface area contributed by atoms with E-state index >= 15 is 0 Å². The van der Waals surface area contributed by atoms with Crippen molar-refractivity contribution in [3.8, 4) is 0 Å². The van der Waals surface area contributed by atoms with Gasteiger partial charge in [0.15, 0.2) is 6.23 Å². The van der Waals surface area contributed by atoms with Gasteiger partial charge in [-0.05, 0) is 0 Å². The first-order valence-corrected chi connectivity index (χ1v) is 4.24. The first kappa shape index (κ1) is 12.3. The summed E-state index contributed by atoms with van der Waals surface area (Å²) in [6, 6.07) is 6.32. The van der Waals surface area contributed by atoms with Gasteiger partial charge in [0.25, 0.3) is 0 Å². The van der Waals surface area contributed by atoms with Crippen LogP contribution in [-0.2, 0) is 4.74 Å². The van der Waals surface area contributed by atoms with Crippen molar-refractivity contribution in [1.29, 1.82) is 0 Å². The van der Waals surface area contributed by atoms with Crippen molar-refractivity contribution in [2.45, 2.75) is 12.6 Å². The van der Waals surface area contributed by atoms with Crippen LogP contribution >= 0.6 is 0 Å². The Morgan fingerprint density at radius 2 is 1.88 bits per heavy atom. The highest BCUT2D eigenvalue weighted by molar-refractivity contribution is 5.72. The number of benzene rings is 1. The molecule has 1 aromatic rings. The molecule has 0 saturated heterocycles. The van der Waals surface area contributed by atoms with Gasteiger partial charge in [0.1, 0.15) is 0 Å². The number of primary amides is 1. The second-order valence-corrected chi connectivity index (χ2v) is 2.86. The van der Waals surface area contributed by atoms with Gasteiger partial charge in [0.2, 0.25) is 0 Å². The molecule has 16 heavy (non-hydrogen) atoms. The molecule has 3 N–H and O–H groups in total. The molecule has 88 valence electrons. The summed E-state index contributed by atoms with van der Waals surface area (Å²) < 4.78 is 39.8. The predicted octanol–water partition coefficient (Wildman–Crippen LogP) is 1.89. The molecular weight excluding hydrogens is 225 g/mol. The summed E-state index contributed by atoms with van der Waals surface area (Å²) in [4.78, 5) is 10.5. The number of nitrogens with two attached hydrogens (primary N) is 1. The molecule has 0 aromatic heterocycles. The number of alkyl halides is 3. The fraction of sp³-hybridized carbons (Fsp3) is 0.222. The Labute approximate surface area is 89.2 Å². The lowest BCUT2D eigenvalue weighted by Gasteiger charge is -2.19. The predicted molar refractivity (Wildman–Crippen MR) is 49.0 cm³/mol. The number of hydrogen-bond acceptors (Lipinski definition) is 2. The minimum atomic E-state index is -4.86. The molecule has 0 bridgehead atoms. The van der Waals surface area contributed by atoms with Gasteiger partial charge < -0.3 is 11.1 Å². The smallest absolute Gasteiger partial charge is 0.352 e. The molecule has 1 aromatic carbocycles. The van der Waals surface area contributed by atoms with Crippen molar-refractivity contribution in [2.24, 2.45) is 5.73 Å². The molecule has 1 unspecified atom stereocenters. The van der Waals surface area contributed by atoms with Crippen LogP contribution in [0.2, 0.25) is 0 Å². The molecule has 7 heteroatoms. The lowest BCUT2D eigenvalue weighted by Crippen LogP contribution is -2.37. The van der Waals surface area contributed by atoms with Gasteiger partial charge in [-0.15, -0.1) is 13.2 Å². The second-order valence-electron chi connectivity index (χ2n) is 2.86. The normalized spacial score (nSPS) is 13.2. The summed E-state index contributed by atoms with van der Waals surface area (Å²) in [5.74, 6) is 0. The lowest BCUT2D eigenvalue weighted by molar-refractivity contribution is -0.347. The lowest BCUT2D eigenvalue weighted by atomic mass is 10.2. The number of carbonyl (C=O) groups is 1. The van der Waals surface area contributed by atoms with Crippen molar-refractivity contribution < 1.29 is 22.7 Å².